The van der Waals surface area contributed by atoms with E-state index in [1.165, 1.54) is 5.06 Å². The van der Waals surface area contributed by atoms with Crippen LogP contribution in [0.3, 0.4) is 0 Å². The molecule has 31 heavy (non-hydrogen) atoms. The number of aromatic nitrogens is 1. The summed E-state index contributed by atoms with van der Waals surface area (Å²) in [6.45, 7) is 6.45. The summed E-state index contributed by atoms with van der Waals surface area (Å²) in [6.07, 6.45) is 5.19. The lowest BCUT2D eigenvalue weighted by Gasteiger charge is -2.15. The first-order valence-corrected chi connectivity index (χ1v) is 11.6. The molecule has 0 bridgehead atoms. The number of hydrogen-bond donors (Lipinski definition) is 6. The molecule has 2 aromatic rings. The summed E-state index contributed by atoms with van der Waals surface area (Å²) in [4.78, 5) is 15.4. The van der Waals surface area contributed by atoms with Gasteiger partial charge in [0.15, 0.2) is 0 Å². The third-order valence-corrected chi connectivity index (χ3v) is 5.14. The van der Waals surface area contributed by atoms with Gasteiger partial charge < -0.3 is 31.9 Å². The van der Waals surface area contributed by atoms with Crippen molar-refractivity contribution in [2.24, 2.45) is 5.73 Å². The van der Waals surface area contributed by atoms with Gasteiger partial charge in [0.25, 0.3) is 0 Å². The Morgan fingerprint density at radius 3 is 2.29 bits per heavy atom. The summed E-state index contributed by atoms with van der Waals surface area (Å²) in [5.41, 5.74) is 7.45. The molecule has 8 heteroatoms. The van der Waals surface area contributed by atoms with Crippen LogP contribution in [0.1, 0.15) is 37.8 Å². The second-order valence-corrected chi connectivity index (χ2v) is 7.92. The van der Waals surface area contributed by atoms with Gasteiger partial charge in [0.1, 0.15) is 0 Å². The molecule has 0 unspecified atom stereocenters. The lowest BCUT2D eigenvalue weighted by molar-refractivity contribution is -0.120. The summed E-state index contributed by atoms with van der Waals surface area (Å²) >= 11 is 0. The van der Waals surface area contributed by atoms with Crippen molar-refractivity contribution < 1.29 is 10.0 Å². The largest absolute Gasteiger partial charge is 0.358 e. The fourth-order valence-electron chi connectivity index (χ4n) is 3.43. The van der Waals surface area contributed by atoms with Crippen LogP contribution in [0.15, 0.2) is 30.3 Å². The normalized spacial score (nSPS) is 11.5. The Morgan fingerprint density at radius 2 is 1.58 bits per heavy atom. The maximum Gasteiger partial charge on any atom is 0.225 e. The molecule has 1 aromatic heterocycles. The van der Waals surface area contributed by atoms with Crippen LogP contribution in [0.5, 0.6) is 0 Å². The lowest BCUT2D eigenvalue weighted by Crippen LogP contribution is -2.29. The molecule has 0 saturated carbocycles. The Bertz CT molecular complexity index is 703. The number of para-hydroxylation sites is 1. The van der Waals surface area contributed by atoms with E-state index < -0.39 is 0 Å². The summed E-state index contributed by atoms with van der Waals surface area (Å²) in [5.74, 6) is 0.0529. The zero-order valence-corrected chi connectivity index (χ0v) is 18.7. The van der Waals surface area contributed by atoms with Crippen molar-refractivity contribution in [1.29, 1.82) is 0 Å². The number of benzene rings is 1. The topological polar surface area (TPSA) is 118 Å². The van der Waals surface area contributed by atoms with Crippen molar-refractivity contribution in [2.45, 2.75) is 38.5 Å². The molecule has 0 saturated heterocycles. The average molecular weight is 433 g/mol. The lowest BCUT2D eigenvalue weighted by atomic mass is 10.2. The number of nitrogens with zero attached hydrogens (tertiary/aromatic N) is 1. The SMILES string of the molecule is NCCCNCCCN(O)CCCNCCCCNC(=O)Cc1cc2ccccc2[nH]1. The predicted molar refractivity (Wildman–Crippen MR) is 126 cm³/mol. The molecule has 7 N–H and O–H groups in total. The summed E-state index contributed by atoms with van der Waals surface area (Å²) in [7, 11) is 0. The van der Waals surface area contributed by atoms with Crippen LogP contribution in [-0.4, -0.2) is 73.5 Å². The van der Waals surface area contributed by atoms with Gasteiger partial charge >= 0.3 is 0 Å². The van der Waals surface area contributed by atoms with E-state index in [0.717, 1.165) is 74.9 Å². The molecule has 0 atom stereocenters. The minimum Gasteiger partial charge on any atom is -0.358 e. The number of hydrogen-bond acceptors (Lipinski definition) is 6. The molecule has 0 aliphatic rings. The Hall–Kier alpha value is -1.97. The second-order valence-electron chi connectivity index (χ2n) is 7.92. The number of nitrogens with two attached hydrogens (primary N) is 1. The van der Waals surface area contributed by atoms with Crippen LogP contribution in [-0.2, 0) is 11.2 Å². The molecule has 0 spiro atoms. The van der Waals surface area contributed by atoms with Crippen molar-refractivity contribution in [3.8, 4) is 0 Å². The second kappa shape index (κ2) is 15.8. The van der Waals surface area contributed by atoms with E-state index in [2.05, 4.69) is 20.9 Å². The number of unbranched alkanes of at least 4 members (excludes halogenated alkanes) is 1. The van der Waals surface area contributed by atoms with E-state index in [1.54, 1.807) is 0 Å². The van der Waals surface area contributed by atoms with Gasteiger partial charge in [0.2, 0.25) is 5.91 Å². The van der Waals surface area contributed by atoms with E-state index in [0.29, 0.717) is 32.6 Å². The molecule has 0 aliphatic heterocycles. The number of carbonyl (C=O) groups is 1. The van der Waals surface area contributed by atoms with Crippen molar-refractivity contribution in [3.05, 3.63) is 36.0 Å². The van der Waals surface area contributed by atoms with E-state index >= 15 is 0 Å². The Labute approximate surface area is 185 Å². The molecular weight excluding hydrogens is 392 g/mol. The highest BCUT2D eigenvalue weighted by molar-refractivity contribution is 5.84. The standard InChI is InChI=1S/C23H40N6O2/c24-10-5-12-26-14-7-17-29(31)16-6-13-25-11-3-4-15-27-23(30)19-21-18-20-8-1-2-9-22(20)28-21/h1-2,8-9,18,25-26,28,31H,3-7,10-17,19,24H2,(H,27,30). The quantitative estimate of drug-likeness (QED) is 0.157. The van der Waals surface area contributed by atoms with E-state index in [1.807, 2.05) is 30.3 Å². The molecule has 1 amide bonds. The van der Waals surface area contributed by atoms with Crippen LogP contribution in [0.4, 0.5) is 0 Å². The Balaban J connectivity index is 1.38. The fraction of sp³-hybridized carbons (Fsp3) is 0.609. The number of amides is 1. The first-order valence-electron chi connectivity index (χ1n) is 11.6. The van der Waals surface area contributed by atoms with Crippen molar-refractivity contribution >= 4 is 16.8 Å². The number of fused-ring (bicyclic) bond motifs is 1. The van der Waals surface area contributed by atoms with Gasteiger partial charge in [-0.2, -0.15) is 5.06 Å². The smallest absolute Gasteiger partial charge is 0.225 e. The van der Waals surface area contributed by atoms with Gasteiger partial charge in [0.05, 0.1) is 6.42 Å². The zero-order valence-electron chi connectivity index (χ0n) is 18.7. The van der Waals surface area contributed by atoms with Gasteiger partial charge in [-0.05, 0) is 82.3 Å². The number of H-pyrrole nitrogens is 1. The first-order chi connectivity index (χ1) is 15.2. The summed E-state index contributed by atoms with van der Waals surface area (Å²) in [6, 6.07) is 10.1. The fourth-order valence-corrected chi connectivity index (χ4v) is 3.43. The maximum atomic E-state index is 12.1. The first kappa shape index (κ1) is 25.3. The minimum atomic E-state index is 0.0529. The van der Waals surface area contributed by atoms with Crippen LogP contribution >= 0.6 is 0 Å². The monoisotopic (exact) mass is 432 g/mol. The number of rotatable bonds is 18. The predicted octanol–water partition coefficient (Wildman–Crippen LogP) is 1.61. The van der Waals surface area contributed by atoms with Crippen LogP contribution in [0.2, 0.25) is 0 Å². The van der Waals surface area contributed by atoms with Gasteiger partial charge in [0, 0.05) is 30.8 Å². The summed E-state index contributed by atoms with van der Waals surface area (Å²) < 4.78 is 0. The molecule has 174 valence electrons. The number of hydroxylamine groups is 2. The molecule has 2 rings (SSSR count). The van der Waals surface area contributed by atoms with E-state index in [-0.39, 0.29) is 5.91 Å². The van der Waals surface area contributed by atoms with Crippen molar-refractivity contribution in [2.75, 3.05) is 52.4 Å². The molecule has 0 fully saturated rings. The van der Waals surface area contributed by atoms with Crippen molar-refractivity contribution in [3.63, 3.8) is 0 Å². The molecule has 0 radical (unpaired) electrons. The maximum absolute atomic E-state index is 12.1. The summed E-state index contributed by atoms with van der Waals surface area (Å²) in [5, 5.41) is 22.1. The highest BCUT2D eigenvalue weighted by Crippen LogP contribution is 2.14. The molecule has 1 aromatic carbocycles. The minimum absolute atomic E-state index is 0.0529. The van der Waals surface area contributed by atoms with Gasteiger partial charge in [-0.1, -0.05) is 18.2 Å². The molecule has 1 heterocycles. The highest BCUT2D eigenvalue weighted by Gasteiger charge is 2.06. The Morgan fingerprint density at radius 1 is 0.935 bits per heavy atom. The van der Waals surface area contributed by atoms with Crippen LogP contribution in [0.25, 0.3) is 10.9 Å². The van der Waals surface area contributed by atoms with Crippen LogP contribution < -0.4 is 21.7 Å². The van der Waals surface area contributed by atoms with Crippen LogP contribution in [0, 0.1) is 0 Å². The van der Waals surface area contributed by atoms with Gasteiger partial charge in [-0.15, -0.1) is 0 Å². The third kappa shape index (κ3) is 11.3. The number of nitrogens with one attached hydrogen (secondary N) is 4. The van der Waals surface area contributed by atoms with Gasteiger partial charge in [-0.3, -0.25) is 4.79 Å². The van der Waals surface area contributed by atoms with Crippen molar-refractivity contribution in [1.82, 2.24) is 26.0 Å². The number of carbonyl (C=O) groups excluding carboxylic acids is 1. The number of aromatic amines is 1. The highest BCUT2D eigenvalue weighted by atomic mass is 16.5. The third-order valence-electron chi connectivity index (χ3n) is 5.14. The molecule has 0 aliphatic carbocycles. The molecule has 8 nitrogen and oxygen atoms in total. The van der Waals surface area contributed by atoms with E-state index in [4.69, 9.17) is 5.73 Å². The van der Waals surface area contributed by atoms with Gasteiger partial charge in [-0.25, -0.2) is 0 Å². The average Bonchev–Trinajstić information content (AvgIpc) is 3.17. The zero-order chi connectivity index (χ0) is 22.2. The van der Waals surface area contributed by atoms with E-state index in [9.17, 15) is 10.0 Å². The molecular formula is C23H40N6O2. The Kier molecular flexibility index (Phi) is 12.9.